The maximum Gasteiger partial charge on any atom is 0.352 e. The summed E-state index contributed by atoms with van der Waals surface area (Å²) < 4.78 is 1.96. The van der Waals surface area contributed by atoms with Crippen LogP contribution in [0.25, 0.3) is 0 Å². The summed E-state index contributed by atoms with van der Waals surface area (Å²) in [5, 5.41) is 9.12. The number of rotatable bonds is 2. The molecule has 3 saturated heterocycles. The first-order valence-corrected chi connectivity index (χ1v) is 5.88. The standard InChI is InChI=1S/C12H16N2O2/c15-12(16)10-2-1-5-14(10)11-8-13-6-3-9(11)4-7-13/h1-2,5,9,11H,3-4,6-8H2,(H,15,16). The lowest BCUT2D eigenvalue weighted by molar-refractivity contribution is 0.0509. The summed E-state index contributed by atoms with van der Waals surface area (Å²) >= 11 is 0. The zero-order valence-electron chi connectivity index (χ0n) is 9.17. The fourth-order valence-corrected chi connectivity index (χ4v) is 3.11. The van der Waals surface area contributed by atoms with Gasteiger partial charge in [-0.3, -0.25) is 0 Å². The highest BCUT2D eigenvalue weighted by Gasteiger charge is 2.36. The number of hydrogen-bond acceptors (Lipinski definition) is 2. The van der Waals surface area contributed by atoms with Crippen LogP contribution >= 0.6 is 0 Å². The molecule has 0 aliphatic carbocycles. The Bertz CT molecular complexity index is 405. The molecule has 1 unspecified atom stereocenters. The molecule has 0 saturated carbocycles. The summed E-state index contributed by atoms with van der Waals surface area (Å²) in [7, 11) is 0. The van der Waals surface area contributed by atoms with E-state index in [0.29, 0.717) is 17.7 Å². The summed E-state index contributed by atoms with van der Waals surface area (Å²) in [5.74, 6) is -0.156. The van der Waals surface area contributed by atoms with E-state index in [9.17, 15) is 4.79 Å². The Balaban J connectivity index is 1.92. The topological polar surface area (TPSA) is 45.5 Å². The molecular formula is C12H16N2O2. The van der Waals surface area contributed by atoms with Gasteiger partial charge in [-0.05, 0) is 44.0 Å². The van der Waals surface area contributed by atoms with Gasteiger partial charge in [-0.1, -0.05) is 0 Å². The first-order valence-electron chi connectivity index (χ1n) is 5.88. The number of fused-ring (bicyclic) bond motifs is 3. The number of nitrogens with zero attached hydrogens (tertiary/aromatic N) is 2. The van der Waals surface area contributed by atoms with E-state index in [-0.39, 0.29) is 0 Å². The first kappa shape index (κ1) is 9.90. The Morgan fingerprint density at radius 1 is 1.38 bits per heavy atom. The van der Waals surface area contributed by atoms with E-state index < -0.39 is 5.97 Å². The van der Waals surface area contributed by atoms with E-state index in [1.807, 2.05) is 16.8 Å². The minimum absolute atomic E-state index is 0.364. The number of carboxylic acids is 1. The predicted molar refractivity (Wildman–Crippen MR) is 59.6 cm³/mol. The lowest BCUT2D eigenvalue weighted by Gasteiger charge is -2.45. The molecule has 0 amide bonds. The summed E-state index contributed by atoms with van der Waals surface area (Å²) in [6.07, 6.45) is 4.33. The molecule has 86 valence electrons. The number of carboxylic acid groups (broad SMARTS) is 1. The molecule has 4 heteroatoms. The monoisotopic (exact) mass is 220 g/mol. The second-order valence-corrected chi connectivity index (χ2v) is 4.81. The summed E-state index contributed by atoms with van der Waals surface area (Å²) in [5.41, 5.74) is 0.429. The Morgan fingerprint density at radius 3 is 2.69 bits per heavy atom. The third-order valence-corrected chi connectivity index (χ3v) is 3.98. The third kappa shape index (κ3) is 1.45. The van der Waals surface area contributed by atoms with Gasteiger partial charge in [-0.25, -0.2) is 4.79 Å². The van der Waals surface area contributed by atoms with Crippen LogP contribution in [-0.2, 0) is 0 Å². The fraction of sp³-hybridized carbons (Fsp3) is 0.583. The minimum Gasteiger partial charge on any atom is -0.477 e. The predicted octanol–water partition coefficient (Wildman–Crippen LogP) is 1.45. The molecule has 1 N–H and O–H groups in total. The summed E-state index contributed by atoms with van der Waals surface area (Å²) in [6, 6.07) is 3.89. The van der Waals surface area contributed by atoms with Crippen molar-refractivity contribution in [1.82, 2.24) is 9.47 Å². The van der Waals surface area contributed by atoms with Crippen molar-refractivity contribution in [3.8, 4) is 0 Å². The second kappa shape index (κ2) is 3.63. The number of aromatic nitrogens is 1. The molecule has 1 aromatic heterocycles. The molecule has 2 bridgehead atoms. The second-order valence-electron chi connectivity index (χ2n) is 4.81. The van der Waals surface area contributed by atoms with E-state index in [0.717, 1.165) is 6.54 Å². The van der Waals surface area contributed by atoms with Gasteiger partial charge in [0.2, 0.25) is 0 Å². The van der Waals surface area contributed by atoms with Crippen molar-refractivity contribution in [2.75, 3.05) is 19.6 Å². The molecule has 3 aliphatic heterocycles. The molecule has 0 spiro atoms. The van der Waals surface area contributed by atoms with Crippen LogP contribution < -0.4 is 0 Å². The number of hydrogen-bond donors (Lipinski definition) is 1. The van der Waals surface area contributed by atoms with Gasteiger partial charge in [-0.2, -0.15) is 0 Å². The fourth-order valence-electron chi connectivity index (χ4n) is 3.11. The van der Waals surface area contributed by atoms with Gasteiger partial charge in [0.1, 0.15) is 5.69 Å². The van der Waals surface area contributed by atoms with Gasteiger partial charge in [0.15, 0.2) is 0 Å². The van der Waals surface area contributed by atoms with Crippen LogP contribution in [-0.4, -0.2) is 40.2 Å². The zero-order chi connectivity index (χ0) is 11.1. The maximum absolute atomic E-state index is 11.1. The minimum atomic E-state index is -0.818. The first-order chi connectivity index (χ1) is 7.75. The molecule has 4 heterocycles. The SMILES string of the molecule is O=C(O)c1cccn1C1CN2CCC1CC2. The molecular weight excluding hydrogens is 204 g/mol. The summed E-state index contributed by atoms with van der Waals surface area (Å²) in [4.78, 5) is 13.5. The average molecular weight is 220 g/mol. The van der Waals surface area contributed by atoms with E-state index >= 15 is 0 Å². The molecule has 0 aromatic carbocycles. The van der Waals surface area contributed by atoms with Crippen LogP contribution in [0.3, 0.4) is 0 Å². The van der Waals surface area contributed by atoms with Gasteiger partial charge in [-0.15, -0.1) is 0 Å². The normalized spacial score (nSPS) is 32.9. The van der Waals surface area contributed by atoms with Gasteiger partial charge in [0, 0.05) is 18.8 Å². The van der Waals surface area contributed by atoms with Crippen LogP contribution in [0, 0.1) is 5.92 Å². The van der Waals surface area contributed by atoms with Crippen molar-refractivity contribution in [1.29, 1.82) is 0 Å². The molecule has 4 rings (SSSR count). The van der Waals surface area contributed by atoms with Crippen molar-refractivity contribution in [3.05, 3.63) is 24.0 Å². The van der Waals surface area contributed by atoms with Crippen molar-refractivity contribution >= 4 is 5.97 Å². The van der Waals surface area contributed by atoms with Crippen molar-refractivity contribution in [2.45, 2.75) is 18.9 Å². The quantitative estimate of drug-likeness (QED) is 0.820. The van der Waals surface area contributed by atoms with Gasteiger partial charge in [0.05, 0.1) is 0 Å². The Kier molecular flexibility index (Phi) is 2.24. The van der Waals surface area contributed by atoms with Crippen LogP contribution in [0.15, 0.2) is 18.3 Å². The molecule has 1 atom stereocenters. The molecule has 3 fully saturated rings. The molecule has 1 aromatic rings. The number of carbonyl (C=O) groups is 1. The van der Waals surface area contributed by atoms with Crippen molar-refractivity contribution < 1.29 is 9.90 Å². The largest absolute Gasteiger partial charge is 0.477 e. The van der Waals surface area contributed by atoms with Gasteiger partial charge in [0.25, 0.3) is 0 Å². The smallest absolute Gasteiger partial charge is 0.352 e. The maximum atomic E-state index is 11.1. The molecule has 4 nitrogen and oxygen atoms in total. The van der Waals surface area contributed by atoms with E-state index in [1.54, 1.807) is 6.07 Å². The van der Waals surface area contributed by atoms with E-state index in [2.05, 4.69) is 4.90 Å². The number of aromatic carboxylic acids is 1. The molecule has 0 radical (unpaired) electrons. The average Bonchev–Trinajstić information content (AvgIpc) is 2.79. The zero-order valence-corrected chi connectivity index (χ0v) is 9.17. The third-order valence-electron chi connectivity index (χ3n) is 3.98. The van der Waals surface area contributed by atoms with Crippen molar-refractivity contribution in [2.24, 2.45) is 5.92 Å². The highest BCUT2D eigenvalue weighted by molar-refractivity contribution is 5.85. The van der Waals surface area contributed by atoms with E-state index in [4.69, 9.17) is 5.11 Å². The van der Waals surface area contributed by atoms with E-state index in [1.165, 1.54) is 25.9 Å². The molecule has 16 heavy (non-hydrogen) atoms. The lowest BCUT2D eigenvalue weighted by Crippen LogP contribution is -2.48. The Morgan fingerprint density at radius 2 is 2.12 bits per heavy atom. The highest BCUT2D eigenvalue weighted by atomic mass is 16.4. The van der Waals surface area contributed by atoms with Crippen molar-refractivity contribution in [3.63, 3.8) is 0 Å². The summed E-state index contributed by atoms with van der Waals surface area (Å²) in [6.45, 7) is 3.38. The van der Waals surface area contributed by atoms with Crippen LogP contribution in [0.5, 0.6) is 0 Å². The lowest BCUT2D eigenvalue weighted by atomic mass is 9.84. The van der Waals surface area contributed by atoms with Gasteiger partial charge < -0.3 is 14.6 Å². The number of piperidine rings is 3. The van der Waals surface area contributed by atoms with Crippen LogP contribution in [0.1, 0.15) is 29.4 Å². The Hall–Kier alpha value is -1.29. The van der Waals surface area contributed by atoms with Crippen LogP contribution in [0.4, 0.5) is 0 Å². The van der Waals surface area contributed by atoms with Crippen LogP contribution in [0.2, 0.25) is 0 Å². The highest BCUT2D eigenvalue weighted by Crippen LogP contribution is 2.36. The molecule has 3 aliphatic rings. The van der Waals surface area contributed by atoms with Gasteiger partial charge >= 0.3 is 5.97 Å². The Labute approximate surface area is 94.5 Å².